The number of carboxylic acids is 1. The summed E-state index contributed by atoms with van der Waals surface area (Å²) >= 11 is 0. The van der Waals surface area contributed by atoms with Crippen molar-refractivity contribution in [3.63, 3.8) is 0 Å². The monoisotopic (exact) mass is 215 g/mol. The Morgan fingerprint density at radius 3 is 2.62 bits per heavy atom. The van der Waals surface area contributed by atoms with Gasteiger partial charge >= 0.3 is 0 Å². The van der Waals surface area contributed by atoms with Gasteiger partial charge in [-0.3, -0.25) is 4.68 Å². The molecule has 0 aliphatic rings. The molecule has 2 aromatic rings. The number of carbonyl (C=O) groups is 1. The van der Waals surface area contributed by atoms with Crippen molar-refractivity contribution >= 4 is 5.97 Å². The summed E-state index contributed by atoms with van der Waals surface area (Å²) in [5.41, 5.74) is 1.87. The van der Waals surface area contributed by atoms with E-state index in [4.69, 9.17) is 0 Å². The Hall–Kier alpha value is -2.10. The molecule has 0 bridgehead atoms. The Bertz CT molecular complexity index is 503. The first-order valence-electron chi connectivity index (χ1n) is 4.96. The van der Waals surface area contributed by atoms with Gasteiger partial charge in [0.15, 0.2) is 0 Å². The standard InChI is InChI=1S/C12H12N2O2/c1-9-7-11(12(15)16)13-14(9)8-10-5-3-2-4-6-10/h2-7H,8H2,1H3,(H,15,16)/p-1. The van der Waals surface area contributed by atoms with Gasteiger partial charge in [-0.1, -0.05) is 30.3 Å². The zero-order valence-electron chi connectivity index (χ0n) is 8.88. The molecule has 0 atom stereocenters. The summed E-state index contributed by atoms with van der Waals surface area (Å²) in [6.07, 6.45) is 0. The van der Waals surface area contributed by atoms with Crippen LogP contribution in [0, 0.1) is 6.92 Å². The molecule has 0 amide bonds. The van der Waals surface area contributed by atoms with Crippen molar-refractivity contribution in [3.05, 3.63) is 53.3 Å². The summed E-state index contributed by atoms with van der Waals surface area (Å²) in [5.74, 6) is -1.24. The Labute approximate surface area is 93.1 Å². The van der Waals surface area contributed by atoms with Gasteiger partial charge in [0, 0.05) is 5.69 Å². The van der Waals surface area contributed by atoms with E-state index in [1.165, 1.54) is 6.07 Å². The Morgan fingerprint density at radius 2 is 2.06 bits per heavy atom. The maximum atomic E-state index is 10.6. The summed E-state index contributed by atoms with van der Waals surface area (Å²) in [6.45, 7) is 2.39. The molecule has 0 unspecified atom stereocenters. The first kappa shape index (κ1) is 10.4. The highest BCUT2D eigenvalue weighted by atomic mass is 16.4. The van der Waals surface area contributed by atoms with Crippen LogP contribution in [0.2, 0.25) is 0 Å². The van der Waals surface area contributed by atoms with Gasteiger partial charge in [-0.05, 0) is 18.6 Å². The number of benzene rings is 1. The van der Waals surface area contributed by atoms with E-state index in [-0.39, 0.29) is 5.69 Å². The summed E-state index contributed by atoms with van der Waals surface area (Å²) in [7, 11) is 0. The predicted octanol–water partition coefficient (Wildman–Crippen LogP) is 0.603. The normalized spacial score (nSPS) is 10.3. The smallest absolute Gasteiger partial charge is 0.108 e. The van der Waals surface area contributed by atoms with E-state index in [9.17, 15) is 9.90 Å². The van der Waals surface area contributed by atoms with Crippen molar-refractivity contribution in [2.45, 2.75) is 13.5 Å². The quantitative estimate of drug-likeness (QED) is 0.753. The fourth-order valence-electron chi connectivity index (χ4n) is 1.53. The lowest BCUT2D eigenvalue weighted by Gasteiger charge is -2.04. The topological polar surface area (TPSA) is 57.9 Å². The number of hydrogen-bond donors (Lipinski definition) is 0. The average molecular weight is 215 g/mol. The van der Waals surface area contributed by atoms with Crippen LogP contribution in [0.3, 0.4) is 0 Å². The molecule has 1 aromatic carbocycles. The zero-order chi connectivity index (χ0) is 11.5. The zero-order valence-corrected chi connectivity index (χ0v) is 8.88. The highest BCUT2D eigenvalue weighted by Gasteiger charge is 2.04. The number of carbonyl (C=O) groups excluding carboxylic acids is 1. The fraction of sp³-hybridized carbons (Fsp3) is 0.167. The third kappa shape index (κ3) is 2.11. The summed E-state index contributed by atoms with van der Waals surface area (Å²) < 4.78 is 1.65. The molecule has 0 saturated heterocycles. The molecular formula is C12H11N2O2-. The molecule has 4 heteroatoms. The van der Waals surface area contributed by atoms with Gasteiger partial charge in [0.2, 0.25) is 0 Å². The Kier molecular flexibility index (Phi) is 2.72. The molecule has 0 fully saturated rings. The van der Waals surface area contributed by atoms with Gasteiger partial charge in [0.1, 0.15) is 5.69 Å². The minimum Gasteiger partial charge on any atom is -0.543 e. The summed E-state index contributed by atoms with van der Waals surface area (Å²) in [4.78, 5) is 10.6. The molecule has 0 aliphatic heterocycles. The number of rotatable bonds is 3. The van der Waals surface area contributed by atoms with E-state index in [0.29, 0.717) is 6.54 Å². The first-order chi connectivity index (χ1) is 7.66. The van der Waals surface area contributed by atoms with Crippen molar-refractivity contribution in [2.75, 3.05) is 0 Å². The molecule has 0 radical (unpaired) electrons. The van der Waals surface area contributed by atoms with Crippen LogP contribution in [0.25, 0.3) is 0 Å². The number of hydrogen-bond acceptors (Lipinski definition) is 3. The van der Waals surface area contributed by atoms with Crippen molar-refractivity contribution < 1.29 is 9.90 Å². The maximum absolute atomic E-state index is 10.6. The summed E-state index contributed by atoms with van der Waals surface area (Å²) in [5, 5.41) is 14.6. The molecular weight excluding hydrogens is 204 g/mol. The minimum absolute atomic E-state index is 0.0200. The molecule has 1 aromatic heterocycles. The molecule has 82 valence electrons. The number of nitrogens with zero attached hydrogens (tertiary/aromatic N) is 2. The number of aromatic carboxylic acids is 1. The minimum atomic E-state index is -1.24. The van der Waals surface area contributed by atoms with Crippen LogP contribution in [0.5, 0.6) is 0 Å². The molecule has 4 nitrogen and oxygen atoms in total. The van der Waals surface area contributed by atoms with Crippen LogP contribution in [-0.4, -0.2) is 15.7 Å². The van der Waals surface area contributed by atoms with E-state index in [1.807, 2.05) is 37.3 Å². The van der Waals surface area contributed by atoms with Crippen molar-refractivity contribution in [2.24, 2.45) is 0 Å². The SMILES string of the molecule is Cc1cc(C(=O)[O-])nn1Cc1ccccc1. The molecule has 0 N–H and O–H groups in total. The van der Waals surface area contributed by atoms with Gasteiger partial charge in [0.25, 0.3) is 0 Å². The first-order valence-corrected chi connectivity index (χ1v) is 4.96. The van der Waals surface area contributed by atoms with Crippen molar-refractivity contribution in [3.8, 4) is 0 Å². The van der Waals surface area contributed by atoms with Crippen molar-refractivity contribution in [1.29, 1.82) is 0 Å². The lowest BCUT2D eigenvalue weighted by atomic mass is 10.2. The lowest BCUT2D eigenvalue weighted by molar-refractivity contribution is -0.255. The molecule has 16 heavy (non-hydrogen) atoms. The third-order valence-corrected chi connectivity index (χ3v) is 2.37. The maximum Gasteiger partial charge on any atom is 0.108 e. The number of aryl methyl sites for hydroxylation is 1. The van der Waals surface area contributed by atoms with Gasteiger partial charge in [0.05, 0.1) is 12.5 Å². The van der Waals surface area contributed by atoms with Crippen LogP contribution in [0.4, 0.5) is 0 Å². The average Bonchev–Trinajstić information content (AvgIpc) is 2.62. The second-order valence-electron chi connectivity index (χ2n) is 3.60. The predicted molar refractivity (Wildman–Crippen MR) is 56.8 cm³/mol. The van der Waals surface area contributed by atoms with E-state index in [1.54, 1.807) is 4.68 Å². The van der Waals surface area contributed by atoms with Crippen LogP contribution in [-0.2, 0) is 6.54 Å². The number of carboxylic acid groups (broad SMARTS) is 1. The Morgan fingerprint density at radius 1 is 1.38 bits per heavy atom. The highest BCUT2D eigenvalue weighted by molar-refractivity contribution is 5.83. The highest BCUT2D eigenvalue weighted by Crippen LogP contribution is 2.07. The largest absolute Gasteiger partial charge is 0.543 e. The molecule has 0 spiro atoms. The Balaban J connectivity index is 2.25. The van der Waals surface area contributed by atoms with Gasteiger partial charge in [-0.15, -0.1) is 0 Å². The van der Waals surface area contributed by atoms with Crippen LogP contribution in [0.1, 0.15) is 21.7 Å². The van der Waals surface area contributed by atoms with Gasteiger partial charge in [-0.25, -0.2) is 0 Å². The molecule has 0 saturated carbocycles. The second kappa shape index (κ2) is 4.18. The van der Waals surface area contributed by atoms with E-state index >= 15 is 0 Å². The molecule has 0 aliphatic carbocycles. The van der Waals surface area contributed by atoms with Crippen LogP contribution < -0.4 is 5.11 Å². The fourth-order valence-corrected chi connectivity index (χ4v) is 1.53. The second-order valence-corrected chi connectivity index (χ2v) is 3.60. The van der Waals surface area contributed by atoms with E-state index < -0.39 is 5.97 Å². The molecule has 1 heterocycles. The van der Waals surface area contributed by atoms with Crippen LogP contribution in [0.15, 0.2) is 36.4 Å². The van der Waals surface area contributed by atoms with E-state index in [0.717, 1.165) is 11.3 Å². The molecule has 2 rings (SSSR count). The lowest BCUT2D eigenvalue weighted by Crippen LogP contribution is -2.23. The number of aromatic nitrogens is 2. The third-order valence-electron chi connectivity index (χ3n) is 2.37. The van der Waals surface area contributed by atoms with Gasteiger partial charge < -0.3 is 9.90 Å². The van der Waals surface area contributed by atoms with Crippen molar-refractivity contribution in [1.82, 2.24) is 9.78 Å². The van der Waals surface area contributed by atoms with E-state index in [2.05, 4.69) is 5.10 Å². The van der Waals surface area contributed by atoms with Gasteiger partial charge in [-0.2, -0.15) is 5.10 Å². The van der Waals surface area contributed by atoms with Crippen LogP contribution >= 0.6 is 0 Å². The summed E-state index contributed by atoms with van der Waals surface area (Å²) in [6, 6.07) is 11.3.